The minimum atomic E-state index is -0.219. The van der Waals surface area contributed by atoms with Crippen LogP contribution in [-0.4, -0.2) is 0 Å². The summed E-state index contributed by atoms with van der Waals surface area (Å²) in [6, 6.07) is 59.7. The Bertz CT molecular complexity index is 2990. The molecule has 0 radical (unpaired) electrons. The molecule has 0 saturated heterocycles. The summed E-state index contributed by atoms with van der Waals surface area (Å²) in [4.78, 5) is 2.22. The Kier molecular flexibility index (Phi) is 10.8. The van der Waals surface area contributed by atoms with Crippen molar-refractivity contribution in [3.05, 3.63) is 253 Å². The third-order valence-electron chi connectivity index (χ3n) is 13.4. The van der Waals surface area contributed by atoms with Crippen LogP contribution in [0.25, 0.3) is 61.2 Å². The highest BCUT2D eigenvalue weighted by atomic mass is 15.1. The molecule has 0 unspecified atom stereocenters. The highest BCUT2D eigenvalue weighted by molar-refractivity contribution is 5.96. The molecule has 0 saturated carbocycles. The highest BCUT2D eigenvalue weighted by Gasteiger charge is 2.42. The standard InChI is InChI=1S/C62H55N/c1-9-20-51(21-10-2)63(52-35-33-48(34-36-52)47-31-29-46(30-32-47)44-22-14-11-15-23-44)42(3)28-37-53-43(4)61(5,6)58-41-56-57-39-50(45-24-16-12-17-25-45)38-54(49-26-18-13-19-27-49)60(57)62(7,8)59(56)40-55(53)58/h9-41H,1,3H2,2,4-8H3/b21-10-,37-28-,51-20+. The van der Waals surface area contributed by atoms with Crippen LogP contribution in [0.3, 0.4) is 0 Å². The third-order valence-corrected chi connectivity index (χ3v) is 13.4. The molecule has 0 fully saturated rings. The average molecular weight is 814 g/mol. The zero-order chi connectivity index (χ0) is 43.9. The summed E-state index contributed by atoms with van der Waals surface area (Å²) >= 11 is 0. The number of fused-ring (bicyclic) bond motifs is 4. The molecule has 0 atom stereocenters. The molecule has 7 aromatic carbocycles. The lowest BCUT2D eigenvalue weighted by Gasteiger charge is -2.27. The van der Waals surface area contributed by atoms with E-state index in [1.165, 1.54) is 83.5 Å². The van der Waals surface area contributed by atoms with E-state index in [0.29, 0.717) is 0 Å². The summed E-state index contributed by atoms with van der Waals surface area (Å²) in [6.45, 7) is 22.7. The maximum absolute atomic E-state index is 4.70. The van der Waals surface area contributed by atoms with Crippen molar-refractivity contribution >= 4 is 11.3 Å². The van der Waals surface area contributed by atoms with Gasteiger partial charge in [0.05, 0.1) is 0 Å². The van der Waals surface area contributed by atoms with E-state index in [4.69, 9.17) is 6.58 Å². The van der Waals surface area contributed by atoms with Gasteiger partial charge in [0.1, 0.15) is 0 Å². The molecule has 0 spiro atoms. The van der Waals surface area contributed by atoms with Crippen molar-refractivity contribution in [2.24, 2.45) is 0 Å². The summed E-state index contributed by atoms with van der Waals surface area (Å²) in [5.74, 6) is 0. The van der Waals surface area contributed by atoms with Crippen molar-refractivity contribution in [2.75, 3.05) is 4.90 Å². The van der Waals surface area contributed by atoms with Crippen molar-refractivity contribution in [2.45, 2.75) is 52.4 Å². The molecular formula is C62H55N. The topological polar surface area (TPSA) is 3.24 Å². The van der Waals surface area contributed by atoms with Gasteiger partial charge in [0, 0.05) is 27.9 Å². The van der Waals surface area contributed by atoms with Gasteiger partial charge in [-0.1, -0.05) is 192 Å². The van der Waals surface area contributed by atoms with Gasteiger partial charge in [0.2, 0.25) is 0 Å². The van der Waals surface area contributed by atoms with Crippen LogP contribution in [0, 0.1) is 0 Å². The Morgan fingerprint density at radius 1 is 0.508 bits per heavy atom. The van der Waals surface area contributed by atoms with E-state index < -0.39 is 0 Å². The fraction of sp³-hybridized carbons (Fsp3) is 0.129. The fourth-order valence-corrected chi connectivity index (χ4v) is 9.86. The Hall–Kier alpha value is -7.22. The number of rotatable bonds is 11. The van der Waals surface area contributed by atoms with E-state index in [0.717, 1.165) is 22.6 Å². The Morgan fingerprint density at radius 2 is 0.984 bits per heavy atom. The van der Waals surface area contributed by atoms with Crippen LogP contribution in [0.5, 0.6) is 0 Å². The number of benzene rings is 7. The summed E-state index contributed by atoms with van der Waals surface area (Å²) < 4.78 is 0. The second-order valence-electron chi connectivity index (χ2n) is 17.9. The van der Waals surface area contributed by atoms with Gasteiger partial charge in [-0.05, 0) is 152 Å². The van der Waals surface area contributed by atoms with Crippen LogP contribution >= 0.6 is 0 Å². The second-order valence-corrected chi connectivity index (χ2v) is 17.9. The van der Waals surface area contributed by atoms with Gasteiger partial charge >= 0.3 is 0 Å². The van der Waals surface area contributed by atoms with Crippen molar-refractivity contribution < 1.29 is 0 Å². The molecule has 7 aromatic rings. The largest absolute Gasteiger partial charge is 0.311 e. The molecule has 308 valence electrons. The Balaban J connectivity index is 1.08. The average Bonchev–Trinajstić information content (AvgIpc) is 3.65. The zero-order valence-electron chi connectivity index (χ0n) is 37.4. The lowest BCUT2D eigenvalue weighted by atomic mass is 9.77. The van der Waals surface area contributed by atoms with Crippen molar-refractivity contribution in [1.29, 1.82) is 0 Å². The van der Waals surface area contributed by atoms with Gasteiger partial charge in [-0.15, -0.1) is 0 Å². The minimum absolute atomic E-state index is 0.161. The van der Waals surface area contributed by atoms with Crippen LogP contribution in [0.15, 0.2) is 230 Å². The first-order valence-electron chi connectivity index (χ1n) is 22.1. The second kappa shape index (κ2) is 16.6. The van der Waals surface area contributed by atoms with Crippen molar-refractivity contribution in [3.8, 4) is 55.6 Å². The van der Waals surface area contributed by atoms with E-state index in [1.807, 2.05) is 19.1 Å². The monoisotopic (exact) mass is 813 g/mol. The van der Waals surface area contributed by atoms with E-state index in [9.17, 15) is 0 Å². The summed E-state index contributed by atoms with van der Waals surface area (Å²) in [5, 5.41) is 0. The lowest BCUT2D eigenvalue weighted by molar-refractivity contribution is 0.636. The van der Waals surface area contributed by atoms with Crippen molar-refractivity contribution in [1.82, 2.24) is 0 Å². The Morgan fingerprint density at radius 3 is 1.54 bits per heavy atom. The summed E-state index contributed by atoms with van der Waals surface area (Å²) in [6.07, 6.45) is 12.6. The van der Waals surface area contributed by atoms with Gasteiger partial charge in [0.15, 0.2) is 0 Å². The molecule has 2 aliphatic rings. The fourth-order valence-electron chi connectivity index (χ4n) is 9.86. The van der Waals surface area contributed by atoms with Crippen LogP contribution in [0.1, 0.15) is 63.8 Å². The predicted octanol–water partition coefficient (Wildman–Crippen LogP) is 16.9. The molecule has 0 aromatic heterocycles. The summed E-state index contributed by atoms with van der Waals surface area (Å²) in [7, 11) is 0. The SMILES string of the molecule is C=C/C=C(\C=C/C)N(C(=C)/C=C\C1=C(C)C(C)(C)c2cc3c(cc21)C(C)(C)c1c(-c2ccccc2)cc(-c2ccccc2)cc1-3)c1ccc(-c2ccc(-c3ccccc3)cc2)cc1. The molecule has 1 heteroatoms. The van der Waals surface area contributed by atoms with E-state index >= 15 is 0 Å². The van der Waals surface area contributed by atoms with Crippen LogP contribution in [0.4, 0.5) is 5.69 Å². The van der Waals surface area contributed by atoms with E-state index in [2.05, 4.69) is 234 Å². The minimum Gasteiger partial charge on any atom is -0.311 e. The van der Waals surface area contributed by atoms with Crippen LogP contribution in [0.2, 0.25) is 0 Å². The van der Waals surface area contributed by atoms with Gasteiger partial charge in [-0.25, -0.2) is 0 Å². The maximum Gasteiger partial charge on any atom is 0.0461 e. The number of hydrogen-bond donors (Lipinski definition) is 0. The van der Waals surface area contributed by atoms with Gasteiger partial charge in [-0.3, -0.25) is 0 Å². The van der Waals surface area contributed by atoms with Crippen molar-refractivity contribution in [3.63, 3.8) is 0 Å². The highest BCUT2D eigenvalue weighted by Crippen LogP contribution is 2.57. The molecule has 0 aliphatic heterocycles. The molecule has 0 heterocycles. The first-order chi connectivity index (χ1) is 30.5. The third kappa shape index (κ3) is 7.38. The lowest BCUT2D eigenvalue weighted by Crippen LogP contribution is -2.19. The van der Waals surface area contributed by atoms with Crippen LogP contribution < -0.4 is 4.90 Å². The van der Waals surface area contributed by atoms with E-state index in [-0.39, 0.29) is 10.8 Å². The molecule has 63 heavy (non-hydrogen) atoms. The molecule has 1 nitrogen and oxygen atoms in total. The number of anilines is 1. The maximum atomic E-state index is 4.70. The zero-order valence-corrected chi connectivity index (χ0v) is 37.4. The Labute approximate surface area is 375 Å². The number of allylic oxidation sites excluding steroid dienone is 8. The predicted molar refractivity (Wildman–Crippen MR) is 272 cm³/mol. The molecule has 0 N–H and O–H groups in total. The molecular weight excluding hydrogens is 759 g/mol. The summed E-state index contributed by atoms with van der Waals surface area (Å²) in [5.41, 5.74) is 23.0. The van der Waals surface area contributed by atoms with Gasteiger partial charge in [0.25, 0.3) is 0 Å². The molecule has 0 bridgehead atoms. The van der Waals surface area contributed by atoms with Gasteiger partial charge < -0.3 is 4.90 Å². The molecule has 0 amide bonds. The first-order valence-corrected chi connectivity index (χ1v) is 22.1. The smallest absolute Gasteiger partial charge is 0.0461 e. The quantitative estimate of drug-likeness (QED) is 0.118. The number of hydrogen-bond acceptors (Lipinski definition) is 1. The molecule has 2 aliphatic carbocycles. The van der Waals surface area contributed by atoms with E-state index in [1.54, 1.807) is 0 Å². The normalized spacial score (nSPS) is 14.8. The number of nitrogens with zero attached hydrogens (tertiary/aromatic N) is 1. The first kappa shape index (κ1) is 41.1. The molecule has 9 rings (SSSR count). The van der Waals surface area contributed by atoms with Gasteiger partial charge in [-0.2, -0.15) is 0 Å². The van der Waals surface area contributed by atoms with Crippen LogP contribution in [-0.2, 0) is 10.8 Å².